The Morgan fingerprint density at radius 2 is 1.29 bits per heavy atom. The SMILES string of the molecule is O=C(OCCN1C(=O)C=CC1=O)OCN1C(=O)C=CC1=O. The molecule has 2 aliphatic rings. The molecule has 9 nitrogen and oxygen atoms in total. The van der Waals surface area contributed by atoms with Crippen LogP contribution in [0.4, 0.5) is 4.79 Å². The number of rotatable bonds is 5. The van der Waals surface area contributed by atoms with Gasteiger partial charge in [-0.3, -0.25) is 24.1 Å². The number of imide groups is 2. The van der Waals surface area contributed by atoms with E-state index in [9.17, 15) is 24.0 Å². The summed E-state index contributed by atoms with van der Waals surface area (Å²) in [6, 6.07) is 0. The third kappa shape index (κ3) is 3.32. The van der Waals surface area contributed by atoms with Crippen LogP contribution < -0.4 is 0 Å². The average molecular weight is 294 g/mol. The second-order valence-electron chi connectivity index (χ2n) is 3.97. The highest BCUT2D eigenvalue weighted by molar-refractivity contribution is 6.13. The van der Waals surface area contributed by atoms with Gasteiger partial charge >= 0.3 is 6.16 Å². The Labute approximate surface area is 118 Å². The van der Waals surface area contributed by atoms with Gasteiger partial charge in [0.1, 0.15) is 6.61 Å². The number of amides is 4. The minimum absolute atomic E-state index is 0.108. The molecule has 0 saturated heterocycles. The molecule has 0 spiro atoms. The summed E-state index contributed by atoms with van der Waals surface area (Å²) in [5.74, 6) is -2.16. The van der Waals surface area contributed by atoms with Crippen molar-refractivity contribution in [2.24, 2.45) is 0 Å². The smallest absolute Gasteiger partial charge is 0.432 e. The fourth-order valence-electron chi connectivity index (χ4n) is 1.59. The molecule has 21 heavy (non-hydrogen) atoms. The van der Waals surface area contributed by atoms with E-state index in [1.807, 2.05) is 0 Å². The Hall–Kier alpha value is -2.97. The molecule has 0 saturated carbocycles. The van der Waals surface area contributed by atoms with Crippen molar-refractivity contribution in [3.8, 4) is 0 Å². The van der Waals surface area contributed by atoms with Crippen molar-refractivity contribution >= 4 is 29.8 Å². The van der Waals surface area contributed by atoms with Gasteiger partial charge in [-0.25, -0.2) is 9.69 Å². The number of ether oxygens (including phenoxy) is 2. The van der Waals surface area contributed by atoms with Crippen LogP contribution >= 0.6 is 0 Å². The summed E-state index contributed by atoms with van der Waals surface area (Å²) < 4.78 is 9.19. The third-order valence-electron chi connectivity index (χ3n) is 2.65. The molecule has 9 heteroatoms. The lowest BCUT2D eigenvalue weighted by molar-refractivity contribution is -0.142. The van der Waals surface area contributed by atoms with Crippen LogP contribution in [-0.2, 0) is 28.7 Å². The van der Waals surface area contributed by atoms with E-state index in [0.29, 0.717) is 4.90 Å². The maximum Gasteiger partial charge on any atom is 0.510 e. The van der Waals surface area contributed by atoms with E-state index in [2.05, 4.69) is 9.47 Å². The summed E-state index contributed by atoms with van der Waals surface area (Å²) >= 11 is 0. The monoisotopic (exact) mass is 294 g/mol. The molecule has 2 aliphatic heterocycles. The Kier molecular flexibility index (Phi) is 4.12. The zero-order valence-corrected chi connectivity index (χ0v) is 10.7. The van der Waals surface area contributed by atoms with Gasteiger partial charge in [0.15, 0.2) is 6.73 Å². The van der Waals surface area contributed by atoms with Gasteiger partial charge in [-0.1, -0.05) is 0 Å². The van der Waals surface area contributed by atoms with Crippen molar-refractivity contribution in [3.63, 3.8) is 0 Å². The molecule has 0 atom stereocenters. The molecule has 0 bridgehead atoms. The molecule has 0 unspecified atom stereocenters. The summed E-state index contributed by atoms with van der Waals surface area (Å²) in [6.07, 6.45) is 3.20. The average Bonchev–Trinajstić information content (AvgIpc) is 2.93. The van der Waals surface area contributed by atoms with Gasteiger partial charge in [-0.2, -0.15) is 0 Å². The largest absolute Gasteiger partial charge is 0.510 e. The molecule has 110 valence electrons. The lowest BCUT2D eigenvalue weighted by atomic mass is 10.5. The molecule has 0 aliphatic carbocycles. The van der Waals surface area contributed by atoms with E-state index in [4.69, 9.17) is 0 Å². The van der Waals surface area contributed by atoms with E-state index in [1.165, 1.54) is 0 Å². The van der Waals surface area contributed by atoms with E-state index < -0.39 is 36.5 Å². The molecule has 2 rings (SSSR count). The van der Waals surface area contributed by atoms with Crippen molar-refractivity contribution in [3.05, 3.63) is 24.3 Å². The molecule has 0 aromatic rings. The van der Waals surface area contributed by atoms with Crippen LogP contribution in [0.1, 0.15) is 0 Å². The van der Waals surface area contributed by atoms with Crippen molar-refractivity contribution < 1.29 is 33.4 Å². The summed E-state index contributed by atoms with van der Waals surface area (Å²) in [7, 11) is 0. The fraction of sp³-hybridized carbons (Fsp3) is 0.250. The molecule has 4 amide bonds. The quantitative estimate of drug-likeness (QED) is 0.469. The van der Waals surface area contributed by atoms with Crippen LogP contribution in [0.5, 0.6) is 0 Å². The van der Waals surface area contributed by atoms with Gasteiger partial charge in [0, 0.05) is 24.3 Å². The van der Waals surface area contributed by atoms with E-state index in [0.717, 1.165) is 29.2 Å². The number of carbonyl (C=O) groups excluding carboxylic acids is 5. The highest BCUT2D eigenvalue weighted by atomic mass is 16.7. The third-order valence-corrected chi connectivity index (χ3v) is 2.65. The van der Waals surface area contributed by atoms with Crippen LogP contribution in [0.3, 0.4) is 0 Å². The molecule has 0 aromatic carbocycles. The minimum atomic E-state index is -1.12. The van der Waals surface area contributed by atoms with Crippen LogP contribution in [0.2, 0.25) is 0 Å². The number of hydrogen-bond donors (Lipinski definition) is 0. The second kappa shape index (κ2) is 5.99. The number of nitrogens with zero attached hydrogens (tertiary/aromatic N) is 2. The number of carbonyl (C=O) groups is 5. The second-order valence-corrected chi connectivity index (χ2v) is 3.97. The first-order valence-corrected chi connectivity index (χ1v) is 5.85. The van der Waals surface area contributed by atoms with Crippen LogP contribution in [0.25, 0.3) is 0 Å². The van der Waals surface area contributed by atoms with Crippen LogP contribution in [0, 0.1) is 0 Å². The van der Waals surface area contributed by atoms with Crippen LogP contribution in [-0.4, -0.2) is 59.5 Å². The fourth-order valence-corrected chi connectivity index (χ4v) is 1.59. The van der Waals surface area contributed by atoms with Gasteiger partial charge in [-0.15, -0.1) is 0 Å². The van der Waals surface area contributed by atoms with Crippen molar-refractivity contribution in [1.29, 1.82) is 0 Å². The van der Waals surface area contributed by atoms with E-state index in [-0.39, 0.29) is 13.2 Å². The Morgan fingerprint density at radius 1 is 0.810 bits per heavy atom. The Balaban J connectivity index is 1.66. The standard InChI is InChI=1S/C12H10N2O7/c15-8-1-2-9(16)13(8)5-6-20-12(19)21-7-14-10(17)3-4-11(14)18/h1-4H,5-7H2. The summed E-state index contributed by atoms with van der Waals surface area (Å²) in [5.41, 5.74) is 0. The molecule has 0 aromatic heterocycles. The lowest BCUT2D eigenvalue weighted by Crippen LogP contribution is -2.35. The highest BCUT2D eigenvalue weighted by Gasteiger charge is 2.25. The molecular weight excluding hydrogens is 284 g/mol. The molecular formula is C12H10N2O7. The zero-order chi connectivity index (χ0) is 15.4. The summed E-state index contributed by atoms with van der Waals surface area (Å²) in [5, 5.41) is 0. The topological polar surface area (TPSA) is 110 Å². The van der Waals surface area contributed by atoms with E-state index >= 15 is 0 Å². The number of hydrogen-bond acceptors (Lipinski definition) is 7. The van der Waals surface area contributed by atoms with Gasteiger partial charge in [0.25, 0.3) is 23.6 Å². The highest BCUT2D eigenvalue weighted by Crippen LogP contribution is 2.05. The predicted octanol–water partition coefficient (Wildman–Crippen LogP) is -1.05. The molecule has 0 fully saturated rings. The molecule has 0 radical (unpaired) electrons. The van der Waals surface area contributed by atoms with Crippen molar-refractivity contribution in [2.45, 2.75) is 0 Å². The predicted molar refractivity (Wildman–Crippen MR) is 64.2 cm³/mol. The minimum Gasteiger partial charge on any atom is -0.432 e. The lowest BCUT2D eigenvalue weighted by Gasteiger charge is -2.15. The van der Waals surface area contributed by atoms with Gasteiger partial charge < -0.3 is 9.47 Å². The maximum absolute atomic E-state index is 11.2. The van der Waals surface area contributed by atoms with Crippen LogP contribution in [0.15, 0.2) is 24.3 Å². The maximum atomic E-state index is 11.2. The van der Waals surface area contributed by atoms with E-state index in [1.54, 1.807) is 0 Å². The first-order valence-electron chi connectivity index (χ1n) is 5.85. The van der Waals surface area contributed by atoms with Gasteiger partial charge in [0.05, 0.1) is 6.54 Å². The molecule has 2 heterocycles. The normalized spacial score (nSPS) is 17.1. The first kappa shape index (κ1) is 14.4. The molecule has 0 N–H and O–H groups in total. The van der Waals surface area contributed by atoms with Gasteiger partial charge in [0.2, 0.25) is 0 Å². The Bertz CT molecular complexity index is 542. The first-order chi connectivity index (χ1) is 9.99. The van der Waals surface area contributed by atoms with Gasteiger partial charge in [-0.05, 0) is 0 Å². The Morgan fingerprint density at radius 3 is 1.81 bits per heavy atom. The zero-order valence-electron chi connectivity index (χ0n) is 10.7. The van der Waals surface area contributed by atoms with Crippen molar-refractivity contribution in [1.82, 2.24) is 9.80 Å². The van der Waals surface area contributed by atoms with Crippen molar-refractivity contribution in [2.75, 3.05) is 19.9 Å². The summed E-state index contributed by atoms with van der Waals surface area (Å²) in [4.78, 5) is 57.5. The summed E-state index contributed by atoms with van der Waals surface area (Å²) in [6.45, 7) is -0.923.